The molecule has 2 rings (SSSR count). The maximum Gasteiger partial charge on any atom is 0.183 e. The lowest BCUT2D eigenvalue weighted by molar-refractivity contribution is 0.602. The number of hydrogen-bond donors (Lipinski definition) is 1. The molecule has 2 aromatic rings. The van der Waals surface area contributed by atoms with Crippen molar-refractivity contribution in [2.24, 2.45) is 0 Å². The van der Waals surface area contributed by atoms with E-state index < -0.39 is 9.84 Å². The first-order valence-electron chi connectivity index (χ1n) is 6.85. The number of thiazole rings is 1. The highest BCUT2D eigenvalue weighted by Gasteiger charge is 2.10. The van der Waals surface area contributed by atoms with Gasteiger partial charge in [-0.05, 0) is 24.6 Å². The van der Waals surface area contributed by atoms with E-state index in [9.17, 15) is 8.42 Å². The Labute approximate surface area is 124 Å². The van der Waals surface area contributed by atoms with Crippen LogP contribution in [0.3, 0.4) is 0 Å². The molecule has 0 amide bonds. The molecule has 0 radical (unpaired) electrons. The molecule has 1 aromatic carbocycles. The fourth-order valence-corrected chi connectivity index (χ4v) is 3.61. The van der Waals surface area contributed by atoms with Crippen molar-refractivity contribution in [1.82, 2.24) is 4.98 Å². The van der Waals surface area contributed by atoms with Gasteiger partial charge in [0.1, 0.15) is 0 Å². The smallest absolute Gasteiger partial charge is 0.183 e. The van der Waals surface area contributed by atoms with E-state index in [1.807, 2.05) is 0 Å². The Morgan fingerprint density at radius 3 is 2.75 bits per heavy atom. The predicted octanol–water partition coefficient (Wildman–Crippen LogP) is 3.69. The molecule has 110 valence electrons. The zero-order valence-corrected chi connectivity index (χ0v) is 13.5. The van der Waals surface area contributed by atoms with E-state index in [4.69, 9.17) is 0 Å². The van der Waals surface area contributed by atoms with E-state index in [1.165, 1.54) is 36.9 Å². The molecule has 0 fully saturated rings. The van der Waals surface area contributed by atoms with Crippen LogP contribution >= 0.6 is 11.3 Å². The summed E-state index contributed by atoms with van der Waals surface area (Å²) in [4.78, 5) is 4.82. The topological polar surface area (TPSA) is 59.1 Å². The molecule has 1 aromatic heterocycles. The summed E-state index contributed by atoms with van der Waals surface area (Å²) in [5, 5.41) is 4.17. The van der Waals surface area contributed by atoms with Gasteiger partial charge in [0, 0.05) is 12.8 Å². The third-order valence-electron chi connectivity index (χ3n) is 3.09. The molecule has 0 unspecified atom stereocenters. The molecule has 0 aliphatic heterocycles. The Bertz CT molecular complexity index is 678. The van der Waals surface area contributed by atoms with Crippen molar-refractivity contribution in [2.45, 2.75) is 37.5 Å². The number of unbranched alkanes of at least 4 members (excludes halogenated alkanes) is 3. The molecule has 0 aliphatic rings. The Morgan fingerprint density at radius 2 is 2.05 bits per heavy atom. The number of anilines is 1. The monoisotopic (exact) mass is 312 g/mol. The van der Waals surface area contributed by atoms with Gasteiger partial charge in [0.15, 0.2) is 15.0 Å². The zero-order chi connectivity index (χ0) is 14.6. The second-order valence-corrected chi connectivity index (χ2v) is 7.95. The highest BCUT2D eigenvalue weighted by molar-refractivity contribution is 7.90. The Balaban J connectivity index is 2.06. The van der Waals surface area contributed by atoms with Crippen molar-refractivity contribution < 1.29 is 8.42 Å². The van der Waals surface area contributed by atoms with Gasteiger partial charge < -0.3 is 5.32 Å². The quantitative estimate of drug-likeness (QED) is 0.792. The number of nitrogens with zero attached hydrogens (tertiary/aromatic N) is 1. The van der Waals surface area contributed by atoms with Crippen LogP contribution in [-0.4, -0.2) is 26.2 Å². The lowest BCUT2D eigenvalue weighted by Crippen LogP contribution is -2.00. The molecule has 0 aliphatic carbocycles. The summed E-state index contributed by atoms with van der Waals surface area (Å²) in [5.41, 5.74) is 0.846. The summed E-state index contributed by atoms with van der Waals surface area (Å²) in [7, 11) is -3.15. The molecule has 0 spiro atoms. The SMILES string of the molecule is CCCCCCNc1nc2ccc(S(C)(=O)=O)cc2s1. The van der Waals surface area contributed by atoms with Gasteiger partial charge in [-0.25, -0.2) is 13.4 Å². The highest BCUT2D eigenvalue weighted by Crippen LogP contribution is 2.28. The van der Waals surface area contributed by atoms with Crippen molar-refractivity contribution in [2.75, 3.05) is 18.1 Å². The molecule has 0 atom stereocenters. The molecule has 1 N–H and O–H groups in total. The van der Waals surface area contributed by atoms with Crippen LogP contribution in [0.25, 0.3) is 10.2 Å². The number of nitrogens with one attached hydrogen (secondary N) is 1. The van der Waals surface area contributed by atoms with Crippen molar-refractivity contribution in [3.63, 3.8) is 0 Å². The summed E-state index contributed by atoms with van der Waals surface area (Å²) in [6, 6.07) is 5.08. The first kappa shape index (κ1) is 15.3. The number of benzene rings is 1. The number of rotatable bonds is 7. The molecular formula is C14H20N2O2S2. The molecule has 0 saturated heterocycles. The molecular weight excluding hydrogens is 292 g/mol. The van der Waals surface area contributed by atoms with Crippen LogP contribution < -0.4 is 5.32 Å². The lowest BCUT2D eigenvalue weighted by atomic mass is 10.2. The highest BCUT2D eigenvalue weighted by atomic mass is 32.2. The van der Waals surface area contributed by atoms with Crippen molar-refractivity contribution in [3.05, 3.63) is 18.2 Å². The van der Waals surface area contributed by atoms with Crippen LogP contribution in [0.4, 0.5) is 5.13 Å². The van der Waals surface area contributed by atoms with E-state index in [1.54, 1.807) is 18.2 Å². The van der Waals surface area contributed by atoms with E-state index in [-0.39, 0.29) is 0 Å². The number of hydrogen-bond acceptors (Lipinski definition) is 5. The van der Waals surface area contributed by atoms with Gasteiger partial charge in [-0.15, -0.1) is 0 Å². The summed E-state index contributed by atoms with van der Waals surface area (Å²) >= 11 is 1.50. The van der Waals surface area contributed by atoms with Crippen LogP contribution in [0.1, 0.15) is 32.6 Å². The Hall–Kier alpha value is -1.14. The van der Waals surface area contributed by atoms with Crippen LogP contribution in [0, 0.1) is 0 Å². The summed E-state index contributed by atoms with van der Waals surface area (Å²) in [5.74, 6) is 0. The Kier molecular flexibility index (Phi) is 4.99. The number of fused-ring (bicyclic) bond motifs is 1. The van der Waals surface area contributed by atoms with Gasteiger partial charge in [-0.2, -0.15) is 0 Å². The summed E-state index contributed by atoms with van der Waals surface area (Å²) in [6.07, 6.45) is 6.09. The van der Waals surface area contributed by atoms with Crippen LogP contribution in [-0.2, 0) is 9.84 Å². The average molecular weight is 312 g/mol. The van der Waals surface area contributed by atoms with Crippen molar-refractivity contribution in [1.29, 1.82) is 0 Å². The first-order valence-corrected chi connectivity index (χ1v) is 9.56. The summed E-state index contributed by atoms with van der Waals surface area (Å²) < 4.78 is 24.0. The molecule has 6 heteroatoms. The third-order valence-corrected chi connectivity index (χ3v) is 5.18. The summed E-state index contributed by atoms with van der Waals surface area (Å²) in [6.45, 7) is 3.11. The van der Waals surface area contributed by atoms with Gasteiger partial charge in [0.2, 0.25) is 0 Å². The standard InChI is InChI=1S/C14H20N2O2S2/c1-3-4-5-6-9-15-14-16-12-8-7-11(20(2,17)18)10-13(12)19-14/h7-8,10H,3-6,9H2,1-2H3,(H,15,16). The zero-order valence-electron chi connectivity index (χ0n) is 11.8. The fourth-order valence-electron chi connectivity index (χ4n) is 1.96. The van der Waals surface area contributed by atoms with E-state index in [0.717, 1.165) is 28.3 Å². The Morgan fingerprint density at radius 1 is 1.25 bits per heavy atom. The average Bonchev–Trinajstić information content (AvgIpc) is 2.79. The number of sulfone groups is 1. The molecule has 1 heterocycles. The minimum atomic E-state index is -3.15. The molecule has 4 nitrogen and oxygen atoms in total. The van der Waals surface area contributed by atoms with Gasteiger partial charge in [0.05, 0.1) is 15.1 Å². The number of aromatic nitrogens is 1. The van der Waals surface area contributed by atoms with Crippen molar-refractivity contribution in [3.8, 4) is 0 Å². The normalized spacial score (nSPS) is 11.9. The van der Waals surface area contributed by atoms with E-state index >= 15 is 0 Å². The lowest BCUT2D eigenvalue weighted by Gasteiger charge is -2.00. The van der Waals surface area contributed by atoms with E-state index in [2.05, 4.69) is 17.2 Å². The fraction of sp³-hybridized carbons (Fsp3) is 0.500. The second kappa shape index (κ2) is 6.54. The van der Waals surface area contributed by atoms with Crippen LogP contribution in [0.15, 0.2) is 23.1 Å². The van der Waals surface area contributed by atoms with E-state index in [0.29, 0.717) is 4.90 Å². The molecule has 0 saturated carbocycles. The van der Waals surface area contributed by atoms with Crippen LogP contribution in [0.5, 0.6) is 0 Å². The first-order chi connectivity index (χ1) is 9.50. The minimum Gasteiger partial charge on any atom is -0.361 e. The molecule has 20 heavy (non-hydrogen) atoms. The van der Waals surface area contributed by atoms with Crippen molar-refractivity contribution >= 4 is 36.5 Å². The maximum atomic E-state index is 11.5. The van der Waals surface area contributed by atoms with Gasteiger partial charge in [-0.3, -0.25) is 0 Å². The van der Waals surface area contributed by atoms with Gasteiger partial charge >= 0.3 is 0 Å². The largest absolute Gasteiger partial charge is 0.361 e. The molecule has 0 bridgehead atoms. The minimum absolute atomic E-state index is 0.350. The third kappa shape index (κ3) is 3.93. The van der Waals surface area contributed by atoms with Crippen LogP contribution in [0.2, 0.25) is 0 Å². The van der Waals surface area contributed by atoms with Gasteiger partial charge in [-0.1, -0.05) is 37.5 Å². The predicted molar refractivity (Wildman–Crippen MR) is 85.4 cm³/mol. The maximum absolute atomic E-state index is 11.5. The second-order valence-electron chi connectivity index (χ2n) is 4.91. The van der Waals surface area contributed by atoms with Gasteiger partial charge in [0.25, 0.3) is 0 Å².